The van der Waals surface area contributed by atoms with Gasteiger partial charge in [-0.1, -0.05) is 77.7 Å². The first-order chi connectivity index (χ1) is 42.5. The number of aromatic hydroxyl groups is 1. The van der Waals surface area contributed by atoms with Crippen molar-refractivity contribution in [3.63, 3.8) is 0 Å². The minimum atomic E-state index is -3.22. The Morgan fingerprint density at radius 1 is 0.528 bits per heavy atom. The Labute approximate surface area is 570 Å². The van der Waals surface area contributed by atoms with Gasteiger partial charge in [0, 0.05) is 77.7 Å². The SMILES string of the molecule is Cc1cccnc1Oc1cc(Br)c[n+]([O-])c1.Cc1cccnc1Oc1cc(Sc2ccccn2)c[n+]([O-])c1.Cc1ncccc1O.Cc1ncccc1Oc1cc(Sc2ccccn2)cnc1Cl.O=P(Cl)(Cl)Cl.S=c1cccc[nH]1.[O-][n+]1cc(Br)cc(Br)c1. The van der Waals surface area contributed by atoms with Crippen LogP contribution in [0.15, 0.2) is 247 Å². The molecule has 0 atom stereocenters. The summed E-state index contributed by atoms with van der Waals surface area (Å²) in [5, 5.41) is 41.1. The quantitative estimate of drug-likeness (QED) is 0.0424. The molecule has 0 aliphatic rings. The van der Waals surface area contributed by atoms with Crippen molar-refractivity contribution in [2.45, 2.75) is 47.5 Å². The number of hydrogen-bond donors (Lipinski definition) is 2. The Bertz CT molecular complexity index is 4000. The fourth-order valence-electron chi connectivity index (χ4n) is 6.17. The van der Waals surface area contributed by atoms with E-state index in [-0.39, 0.29) is 5.75 Å². The van der Waals surface area contributed by atoms with Gasteiger partial charge in [0.2, 0.25) is 24.2 Å². The van der Waals surface area contributed by atoms with Crippen molar-refractivity contribution in [1.82, 2.24) is 39.9 Å². The van der Waals surface area contributed by atoms with E-state index < -0.39 is 5.20 Å². The lowest BCUT2D eigenvalue weighted by Crippen LogP contribution is -2.24. The number of ether oxygens (including phenoxy) is 3. The normalized spacial score (nSPS) is 10.1. The second-order valence-electron chi connectivity index (χ2n) is 17.0. The Morgan fingerprint density at radius 3 is 1.45 bits per heavy atom. The first kappa shape index (κ1) is 72.7. The number of pyridine rings is 11. The summed E-state index contributed by atoms with van der Waals surface area (Å²) in [6, 6.07) is 38.6. The smallest absolute Gasteiger partial charge is 0.339 e. The van der Waals surface area contributed by atoms with E-state index in [4.69, 9.17) is 43.1 Å². The van der Waals surface area contributed by atoms with Crippen molar-refractivity contribution < 1.29 is 38.1 Å². The number of aromatic nitrogens is 11. The second kappa shape index (κ2) is 38.5. The lowest BCUT2D eigenvalue weighted by Gasteiger charge is -2.10. The van der Waals surface area contributed by atoms with Crippen molar-refractivity contribution in [2.75, 3.05) is 0 Å². The van der Waals surface area contributed by atoms with E-state index in [1.807, 2.05) is 124 Å². The highest BCUT2D eigenvalue weighted by atomic mass is 79.9. The number of aryl methyl sites for hydroxylation is 4. The van der Waals surface area contributed by atoms with Gasteiger partial charge in [0.1, 0.15) is 26.2 Å². The Morgan fingerprint density at radius 2 is 1.00 bits per heavy atom. The third-order valence-corrected chi connectivity index (χ3v) is 13.7. The lowest BCUT2D eigenvalue weighted by atomic mass is 10.3. The van der Waals surface area contributed by atoms with E-state index >= 15 is 0 Å². The molecule has 11 heterocycles. The van der Waals surface area contributed by atoms with Crippen molar-refractivity contribution in [3.8, 4) is 40.5 Å². The highest BCUT2D eigenvalue weighted by Gasteiger charge is 2.13. The molecule has 0 amide bonds. The summed E-state index contributed by atoms with van der Waals surface area (Å²) in [5.74, 6) is 3.30. The summed E-state index contributed by atoms with van der Waals surface area (Å²) in [5.41, 5.74) is 3.29. The van der Waals surface area contributed by atoms with Gasteiger partial charge in [-0.15, -0.1) is 0 Å². The van der Waals surface area contributed by atoms with Crippen LogP contribution in [0.5, 0.6) is 40.5 Å². The molecule has 0 saturated heterocycles. The Balaban J connectivity index is 0.000000200. The van der Waals surface area contributed by atoms with E-state index in [0.29, 0.717) is 54.8 Å². The molecule has 89 heavy (non-hydrogen) atoms. The molecule has 11 aromatic rings. The third-order valence-electron chi connectivity index (χ3n) is 10.0. The molecule has 0 unspecified atom stereocenters. The largest absolute Gasteiger partial charge is 0.619 e. The maximum absolute atomic E-state index is 11.8. The van der Waals surface area contributed by atoms with Gasteiger partial charge < -0.3 is 39.9 Å². The fraction of sp³-hybridized carbons (Fsp3) is 0.0678. The number of nitrogens with zero attached hydrogens (tertiary/aromatic N) is 10. The Kier molecular flexibility index (Phi) is 31.5. The average molecular weight is 1550 g/mol. The zero-order valence-corrected chi connectivity index (χ0v) is 57.9. The number of hydrogen-bond acceptors (Lipinski definition) is 18. The molecule has 11 aromatic heterocycles. The molecule has 460 valence electrons. The first-order valence-electron chi connectivity index (χ1n) is 25.2. The minimum absolute atomic E-state index is 0.257. The number of halogens is 7. The molecule has 11 rings (SSSR count). The molecular weight excluding hydrogens is 1500 g/mol. The molecule has 0 saturated carbocycles. The van der Waals surface area contributed by atoms with Crippen LogP contribution in [0.4, 0.5) is 0 Å². The van der Waals surface area contributed by atoms with E-state index in [2.05, 4.69) is 121 Å². The van der Waals surface area contributed by atoms with Crippen LogP contribution in [0.3, 0.4) is 0 Å². The summed E-state index contributed by atoms with van der Waals surface area (Å²) >= 11 is 37.2. The van der Waals surface area contributed by atoms with Gasteiger partial charge in [0.05, 0.1) is 29.7 Å². The zero-order valence-electron chi connectivity index (χ0n) is 46.8. The van der Waals surface area contributed by atoms with E-state index in [1.165, 1.54) is 60.7 Å². The van der Waals surface area contributed by atoms with Crippen LogP contribution >= 0.6 is 134 Å². The van der Waals surface area contributed by atoms with Crippen LogP contribution in [0.25, 0.3) is 0 Å². The molecule has 0 bridgehead atoms. The highest BCUT2D eigenvalue weighted by Crippen LogP contribution is 2.61. The first-order valence-corrected chi connectivity index (χ1v) is 34.4. The fourth-order valence-corrected chi connectivity index (χ4v) is 9.70. The Hall–Kier alpha value is -7.00. The molecule has 0 fully saturated rings. The van der Waals surface area contributed by atoms with Gasteiger partial charge in [-0.05, 0) is 194 Å². The van der Waals surface area contributed by atoms with Gasteiger partial charge in [-0.25, -0.2) is 24.9 Å². The molecule has 0 aliphatic heterocycles. The van der Waals surface area contributed by atoms with E-state index in [9.17, 15) is 20.2 Å². The number of rotatable bonds is 10. The minimum Gasteiger partial charge on any atom is -0.619 e. The molecule has 19 nitrogen and oxygen atoms in total. The second-order valence-corrected chi connectivity index (χ2v) is 29.4. The molecular formula is C59H49Br3Cl4N11O8PS3. The van der Waals surface area contributed by atoms with Gasteiger partial charge in [0.25, 0.3) is 0 Å². The van der Waals surface area contributed by atoms with Gasteiger partial charge >= 0.3 is 5.20 Å². The number of aromatic amines is 1. The van der Waals surface area contributed by atoms with Crippen LogP contribution in [-0.2, 0) is 4.57 Å². The van der Waals surface area contributed by atoms with Gasteiger partial charge in [0.15, 0.2) is 47.2 Å². The monoisotopic (exact) mass is 1540 g/mol. The summed E-state index contributed by atoms with van der Waals surface area (Å²) in [6.07, 6.45) is 22.1. The summed E-state index contributed by atoms with van der Waals surface area (Å²) in [6.45, 7) is 7.43. The topological polar surface area (TPSA) is 252 Å². The standard InChI is InChI=1S/C16H12ClN3OS.C16H13N3O2S.C11H9BrN2O2.C6H7NO.C5H3Br2NO.C5H5NS.Cl3OP/c1-11-13(5-4-8-18-11)21-14-9-12(10-20-16(14)17)22-15-6-2-3-7-19-15;1-12-5-4-8-18-16(12)21-13-9-14(11-19(20)10-13)22-15-6-2-3-7-17-15;1-8-3-2-4-13-11(8)16-10-5-9(12)6-14(15)7-10;1-5-6(8)3-2-4-7-5;6-4-1-5(7)3-8(9)2-4;7-5-3-1-2-4-6-5;1-5(2,3)4/h2-10H,1H3;2-11H,1H3;2-7H,1H3;2-4,8H,1H3;1-3H;1-4H,(H,6,7);. The van der Waals surface area contributed by atoms with Crippen molar-refractivity contribution >= 4 is 134 Å². The van der Waals surface area contributed by atoms with E-state index in [1.54, 1.807) is 80.6 Å². The molecule has 0 spiro atoms. The van der Waals surface area contributed by atoms with Crippen LogP contribution in [-0.4, -0.2) is 45.0 Å². The predicted octanol–water partition coefficient (Wildman–Crippen LogP) is 18.2. The molecule has 0 aliphatic carbocycles. The van der Waals surface area contributed by atoms with Crippen molar-refractivity contribution in [1.29, 1.82) is 0 Å². The predicted molar refractivity (Wildman–Crippen MR) is 360 cm³/mol. The van der Waals surface area contributed by atoms with E-state index in [0.717, 1.165) is 59.7 Å². The molecule has 0 aromatic carbocycles. The summed E-state index contributed by atoms with van der Waals surface area (Å²) in [7, 11) is 0. The van der Waals surface area contributed by atoms with Crippen LogP contribution < -0.4 is 28.4 Å². The van der Waals surface area contributed by atoms with Crippen molar-refractivity contribution in [3.05, 3.63) is 275 Å². The third kappa shape index (κ3) is 29.9. The maximum atomic E-state index is 11.8. The average Bonchev–Trinajstić information content (AvgIpc) is 1.93. The molecule has 30 heteroatoms. The molecule has 2 N–H and O–H groups in total. The summed E-state index contributed by atoms with van der Waals surface area (Å²) < 4.78 is 31.7. The van der Waals surface area contributed by atoms with Crippen LogP contribution in [0, 0.1) is 48.0 Å². The van der Waals surface area contributed by atoms with Gasteiger partial charge in [-0.2, -0.15) is 14.2 Å². The van der Waals surface area contributed by atoms with Crippen LogP contribution in [0.1, 0.15) is 22.5 Å². The van der Waals surface area contributed by atoms with Crippen LogP contribution in [0.2, 0.25) is 5.15 Å². The number of H-pyrrole nitrogens is 1. The van der Waals surface area contributed by atoms with Crippen molar-refractivity contribution in [2.24, 2.45) is 0 Å². The molecule has 0 radical (unpaired) electrons. The summed E-state index contributed by atoms with van der Waals surface area (Å²) in [4.78, 5) is 33.4. The highest BCUT2D eigenvalue weighted by molar-refractivity contribution is 9.11. The lowest BCUT2D eigenvalue weighted by molar-refractivity contribution is -0.607. The maximum Gasteiger partial charge on any atom is 0.339 e. The van der Waals surface area contributed by atoms with Gasteiger partial charge in [-0.3, -0.25) is 14.5 Å². The number of nitrogens with one attached hydrogen (secondary N) is 1. The zero-order chi connectivity index (χ0) is 64.7.